The van der Waals surface area contributed by atoms with E-state index in [-0.39, 0.29) is 0 Å². The van der Waals surface area contributed by atoms with E-state index in [2.05, 4.69) is 172 Å². The van der Waals surface area contributed by atoms with Gasteiger partial charge in [-0.1, -0.05) is 131 Å². The number of rotatable bonds is 8. The quantitative estimate of drug-likeness (QED) is 0.151. The molecule has 0 N–H and O–H groups in total. The summed E-state index contributed by atoms with van der Waals surface area (Å²) < 4.78 is 7.36. The molecule has 0 saturated heterocycles. The van der Waals surface area contributed by atoms with Gasteiger partial charge in [0.1, 0.15) is 11.3 Å². The molecule has 222 valence electrons. The maximum atomic E-state index is 6.29. The molecule has 0 bridgehead atoms. The van der Waals surface area contributed by atoms with E-state index in [0.29, 0.717) is 0 Å². The number of fused-ring (bicyclic) bond motifs is 1. The standard InChI is InChI=1S/C43H32BrNO/c1-2-3-5-18-41-30-36-15-10-19-42(43(36)46-41)33-22-26-39(27-23-33)45(38-24-20-32(21-25-38)31-11-6-4-7-12-31)40-17-9-14-35(29-40)34-13-8-16-37(44)28-34/h2-30H,1H3/b3-2-,18-5-. The van der Waals surface area contributed by atoms with Crippen LogP contribution in [0.4, 0.5) is 17.1 Å². The van der Waals surface area contributed by atoms with Crippen LogP contribution in [0.15, 0.2) is 179 Å². The van der Waals surface area contributed by atoms with Gasteiger partial charge in [0.05, 0.1) is 0 Å². The van der Waals surface area contributed by atoms with Gasteiger partial charge in [0.2, 0.25) is 0 Å². The molecule has 7 aromatic rings. The molecule has 1 aromatic heterocycles. The van der Waals surface area contributed by atoms with Gasteiger partial charge < -0.3 is 9.32 Å². The van der Waals surface area contributed by atoms with Gasteiger partial charge in [0.25, 0.3) is 0 Å². The summed E-state index contributed by atoms with van der Waals surface area (Å²) in [6.07, 6.45) is 8.00. The topological polar surface area (TPSA) is 16.4 Å². The minimum absolute atomic E-state index is 0.840. The molecular weight excluding hydrogens is 626 g/mol. The van der Waals surface area contributed by atoms with Crippen molar-refractivity contribution in [3.05, 3.63) is 180 Å². The molecule has 0 radical (unpaired) electrons. The molecule has 0 aliphatic rings. The molecule has 6 aromatic carbocycles. The molecule has 0 aliphatic carbocycles. The second-order valence-corrected chi connectivity index (χ2v) is 12.0. The summed E-state index contributed by atoms with van der Waals surface area (Å²) >= 11 is 3.64. The first-order valence-electron chi connectivity index (χ1n) is 15.4. The number of benzene rings is 6. The zero-order chi connectivity index (χ0) is 31.3. The Kier molecular flexibility index (Phi) is 8.49. The maximum absolute atomic E-state index is 6.29. The minimum atomic E-state index is 0.840. The smallest absolute Gasteiger partial charge is 0.142 e. The molecule has 0 unspecified atom stereocenters. The minimum Gasteiger partial charge on any atom is -0.456 e. The monoisotopic (exact) mass is 657 g/mol. The van der Waals surface area contributed by atoms with Gasteiger partial charge in [0, 0.05) is 32.5 Å². The van der Waals surface area contributed by atoms with Crippen LogP contribution < -0.4 is 4.90 Å². The van der Waals surface area contributed by atoms with Gasteiger partial charge in [0.15, 0.2) is 0 Å². The summed E-state index contributed by atoms with van der Waals surface area (Å²) in [5, 5.41) is 1.09. The van der Waals surface area contributed by atoms with Crippen LogP contribution in [0.2, 0.25) is 0 Å². The van der Waals surface area contributed by atoms with Crippen molar-refractivity contribution < 1.29 is 4.42 Å². The van der Waals surface area contributed by atoms with E-state index in [1.165, 1.54) is 11.1 Å². The predicted molar refractivity (Wildman–Crippen MR) is 199 cm³/mol. The first kappa shape index (κ1) is 29.3. The number of anilines is 3. The van der Waals surface area contributed by atoms with Crippen LogP contribution >= 0.6 is 15.9 Å². The van der Waals surface area contributed by atoms with Crippen LogP contribution in [0, 0.1) is 0 Å². The largest absolute Gasteiger partial charge is 0.456 e. The normalized spacial score (nSPS) is 11.5. The van der Waals surface area contributed by atoms with Crippen molar-refractivity contribution in [2.24, 2.45) is 0 Å². The lowest BCUT2D eigenvalue weighted by Crippen LogP contribution is -2.10. The van der Waals surface area contributed by atoms with E-state index in [0.717, 1.165) is 60.5 Å². The first-order chi connectivity index (χ1) is 22.7. The molecule has 0 fully saturated rings. The lowest BCUT2D eigenvalue weighted by molar-refractivity contribution is 0.605. The molecule has 0 atom stereocenters. The second-order valence-electron chi connectivity index (χ2n) is 11.1. The summed E-state index contributed by atoms with van der Waals surface area (Å²) in [7, 11) is 0. The number of hydrogen-bond donors (Lipinski definition) is 0. The Bertz CT molecular complexity index is 2160. The maximum Gasteiger partial charge on any atom is 0.142 e. The van der Waals surface area contributed by atoms with Crippen LogP contribution in [0.3, 0.4) is 0 Å². The predicted octanol–water partition coefficient (Wildman–Crippen LogP) is 13.3. The highest BCUT2D eigenvalue weighted by Gasteiger charge is 2.15. The molecule has 0 saturated carbocycles. The summed E-state index contributed by atoms with van der Waals surface area (Å²) in [6.45, 7) is 2.00. The molecule has 3 heteroatoms. The fourth-order valence-corrected chi connectivity index (χ4v) is 6.22. The van der Waals surface area contributed by atoms with E-state index in [9.17, 15) is 0 Å². The highest BCUT2D eigenvalue weighted by atomic mass is 79.9. The Hall–Kier alpha value is -5.38. The molecular formula is C43H32BrNO. The van der Waals surface area contributed by atoms with Gasteiger partial charge in [-0.2, -0.15) is 0 Å². The third-order valence-electron chi connectivity index (χ3n) is 8.06. The van der Waals surface area contributed by atoms with Crippen molar-refractivity contribution in [2.45, 2.75) is 6.92 Å². The van der Waals surface area contributed by atoms with Crippen LogP contribution in [-0.4, -0.2) is 0 Å². The van der Waals surface area contributed by atoms with Crippen LogP contribution in [0.1, 0.15) is 12.7 Å². The molecule has 7 rings (SSSR count). The SMILES string of the molecule is C/C=C\C=C/c1cc2cccc(-c3ccc(N(c4ccc(-c5ccccc5)cc4)c4cccc(-c5cccc(Br)c5)c4)cc3)c2o1. The van der Waals surface area contributed by atoms with Gasteiger partial charge in [-0.05, 0) is 95.4 Å². The average Bonchev–Trinajstić information content (AvgIpc) is 3.53. The van der Waals surface area contributed by atoms with Crippen molar-refractivity contribution in [2.75, 3.05) is 4.90 Å². The summed E-state index contributed by atoms with van der Waals surface area (Å²) in [6, 6.07) is 53.6. The van der Waals surface area contributed by atoms with Crippen molar-refractivity contribution in [1.29, 1.82) is 0 Å². The third-order valence-corrected chi connectivity index (χ3v) is 8.55. The lowest BCUT2D eigenvalue weighted by Gasteiger charge is -2.26. The van der Waals surface area contributed by atoms with Crippen LogP contribution in [0.5, 0.6) is 0 Å². The van der Waals surface area contributed by atoms with Crippen molar-refractivity contribution in [1.82, 2.24) is 0 Å². The Labute approximate surface area is 278 Å². The molecule has 2 nitrogen and oxygen atoms in total. The third kappa shape index (κ3) is 6.24. The van der Waals surface area contributed by atoms with Crippen molar-refractivity contribution in [3.63, 3.8) is 0 Å². The van der Waals surface area contributed by atoms with Gasteiger partial charge >= 0.3 is 0 Å². The number of para-hydroxylation sites is 1. The summed E-state index contributed by atoms with van der Waals surface area (Å²) in [5.74, 6) is 0.840. The van der Waals surface area contributed by atoms with Crippen molar-refractivity contribution >= 4 is 50.0 Å². The molecule has 0 spiro atoms. The first-order valence-corrected chi connectivity index (χ1v) is 16.2. The van der Waals surface area contributed by atoms with E-state index < -0.39 is 0 Å². The summed E-state index contributed by atoms with van der Waals surface area (Å²) in [4.78, 5) is 2.32. The Morgan fingerprint density at radius 1 is 0.522 bits per heavy atom. The molecule has 0 aliphatic heterocycles. The highest BCUT2D eigenvalue weighted by Crippen LogP contribution is 2.39. The van der Waals surface area contributed by atoms with Gasteiger partial charge in [-0.3, -0.25) is 0 Å². The lowest BCUT2D eigenvalue weighted by atomic mass is 10.0. The zero-order valence-corrected chi connectivity index (χ0v) is 27.1. The number of furan rings is 1. The van der Waals surface area contributed by atoms with Gasteiger partial charge in [-0.25, -0.2) is 0 Å². The fraction of sp³-hybridized carbons (Fsp3) is 0.0233. The highest BCUT2D eigenvalue weighted by molar-refractivity contribution is 9.10. The zero-order valence-electron chi connectivity index (χ0n) is 25.5. The Morgan fingerprint density at radius 2 is 1.15 bits per heavy atom. The Balaban J connectivity index is 1.29. The average molecular weight is 659 g/mol. The second kappa shape index (κ2) is 13.3. The Morgan fingerprint density at radius 3 is 1.87 bits per heavy atom. The molecule has 1 heterocycles. The van der Waals surface area contributed by atoms with Crippen LogP contribution in [0.25, 0.3) is 50.4 Å². The van der Waals surface area contributed by atoms with E-state index in [4.69, 9.17) is 4.42 Å². The van der Waals surface area contributed by atoms with Crippen molar-refractivity contribution in [3.8, 4) is 33.4 Å². The molecule has 46 heavy (non-hydrogen) atoms. The summed E-state index contributed by atoms with van der Waals surface area (Å²) in [5.41, 5.74) is 11.0. The number of halogens is 1. The van der Waals surface area contributed by atoms with E-state index >= 15 is 0 Å². The number of nitrogens with zero attached hydrogens (tertiary/aromatic N) is 1. The fourth-order valence-electron chi connectivity index (χ4n) is 5.82. The number of hydrogen-bond acceptors (Lipinski definition) is 2. The van der Waals surface area contributed by atoms with E-state index in [1.807, 2.05) is 31.2 Å². The van der Waals surface area contributed by atoms with Gasteiger partial charge in [-0.15, -0.1) is 0 Å². The molecule has 0 amide bonds. The number of allylic oxidation sites excluding steroid dienone is 3. The van der Waals surface area contributed by atoms with E-state index in [1.54, 1.807) is 0 Å². The van der Waals surface area contributed by atoms with Crippen LogP contribution in [-0.2, 0) is 0 Å².